The highest BCUT2D eigenvalue weighted by Gasteiger charge is 2.32. The van der Waals surface area contributed by atoms with Crippen molar-refractivity contribution in [2.75, 3.05) is 20.1 Å². The molecule has 5 nitrogen and oxygen atoms in total. The average Bonchev–Trinajstić information content (AvgIpc) is 2.99. The Bertz CT molecular complexity index is 458. The maximum Gasteiger partial charge on any atom is 0.273 e. The summed E-state index contributed by atoms with van der Waals surface area (Å²) in [4.78, 5) is 14.5. The van der Waals surface area contributed by atoms with Gasteiger partial charge in [-0.25, -0.2) is 0 Å². The maximum absolute atomic E-state index is 12.2. The van der Waals surface area contributed by atoms with Crippen LogP contribution in [0.1, 0.15) is 57.3 Å². The van der Waals surface area contributed by atoms with Gasteiger partial charge < -0.3 is 14.7 Å². The summed E-state index contributed by atoms with van der Waals surface area (Å²) >= 11 is 0. The molecule has 21 heavy (non-hydrogen) atoms. The van der Waals surface area contributed by atoms with Crippen LogP contribution >= 0.6 is 0 Å². The number of amides is 1. The van der Waals surface area contributed by atoms with Gasteiger partial charge in [0.2, 0.25) is 0 Å². The topological polar surface area (TPSA) is 58.4 Å². The van der Waals surface area contributed by atoms with Gasteiger partial charge in [0.05, 0.1) is 0 Å². The van der Waals surface area contributed by atoms with E-state index in [2.05, 4.69) is 50.1 Å². The van der Waals surface area contributed by atoms with E-state index in [1.807, 2.05) is 6.92 Å². The van der Waals surface area contributed by atoms with Crippen molar-refractivity contribution in [3.05, 3.63) is 17.5 Å². The molecule has 0 spiro atoms. The Labute approximate surface area is 128 Å². The summed E-state index contributed by atoms with van der Waals surface area (Å²) in [6.45, 7) is 12.3. The molecule has 0 aromatic carbocycles. The van der Waals surface area contributed by atoms with Crippen LogP contribution in [0.2, 0.25) is 0 Å². The maximum atomic E-state index is 12.2. The number of carbonyl (C=O) groups is 1. The third-order valence-electron chi connectivity index (χ3n) is 4.77. The molecule has 1 heterocycles. The van der Waals surface area contributed by atoms with E-state index in [9.17, 15) is 4.79 Å². The molecule has 1 N–H and O–H groups in total. The quantitative estimate of drug-likeness (QED) is 0.801. The zero-order valence-corrected chi connectivity index (χ0v) is 14.2. The second-order valence-electron chi connectivity index (χ2n) is 5.97. The van der Waals surface area contributed by atoms with Crippen LogP contribution in [0.3, 0.4) is 0 Å². The summed E-state index contributed by atoms with van der Waals surface area (Å²) in [6, 6.07) is 2.09. The molecule has 0 aliphatic rings. The number of hydrogen-bond donors (Lipinski definition) is 1. The number of carbonyl (C=O) groups excluding carboxylic acids is 1. The predicted molar refractivity (Wildman–Crippen MR) is 84.4 cm³/mol. The molecule has 120 valence electrons. The molecule has 2 atom stereocenters. The molecule has 0 aliphatic carbocycles. The third-order valence-corrected chi connectivity index (χ3v) is 4.77. The molecule has 0 saturated carbocycles. The van der Waals surface area contributed by atoms with Gasteiger partial charge in [0.25, 0.3) is 5.91 Å². The van der Waals surface area contributed by atoms with Crippen molar-refractivity contribution in [2.45, 2.75) is 53.5 Å². The lowest BCUT2D eigenvalue weighted by Crippen LogP contribution is -2.48. The molecule has 2 unspecified atom stereocenters. The lowest BCUT2D eigenvalue weighted by Gasteiger charge is -2.40. The fraction of sp³-hybridized carbons (Fsp3) is 0.750. The van der Waals surface area contributed by atoms with E-state index in [0.29, 0.717) is 18.3 Å². The summed E-state index contributed by atoms with van der Waals surface area (Å²) in [7, 11) is 2.12. The van der Waals surface area contributed by atoms with Crippen molar-refractivity contribution in [3.63, 3.8) is 0 Å². The highest BCUT2D eigenvalue weighted by atomic mass is 16.5. The highest BCUT2D eigenvalue weighted by molar-refractivity contribution is 5.92. The van der Waals surface area contributed by atoms with Crippen LogP contribution in [-0.4, -0.2) is 42.1 Å². The SMILES string of the molecule is CCc1cc(C(=O)NCC(C)(CC)C(C)N(C)CC)no1. The smallest absolute Gasteiger partial charge is 0.273 e. The van der Waals surface area contributed by atoms with Gasteiger partial charge in [-0.3, -0.25) is 4.79 Å². The molecule has 1 aromatic rings. The standard InChI is InChI=1S/C16H29N3O2/c1-7-13-10-14(18-21-13)15(20)17-11-16(5,8-2)12(4)19(6)9-3/h10,12H,7-9,11H2,1-6H3,(H,17,20). The van der Waals surface area contributed by atoms with E-state index in [0.717, 1.165) is 25.1 Å². The van der Waals surface area contributed by atoms with Crippen molar-refractivity contribution < 1.29 is 9.32 Å². The Hall–Kier alpha value is -1.36. The van der Waals surface area contributed by atoms with Crippen LogP contribution in [0.15, 0.2) is 10.6 Å². The van der Waals surface area contributed by atoms with Crippen LogP contribution < -0.4 is 5.32 Å². The third kappa shape index (κ3) is 4.30. The normalized spacial score (nSPS) is 15.8. The molecule has 1 amide bonds. The van der Waals surface area contributed by atoms with Crippen molar-refractivity contribution in [1.82, 2.24) is 15.4 Å². The Morgan fingerprint density at radius 1 is 1.48 bits per heavy atom. The van der Waals surface area contributed by atoms with Gasteiger partial charge in [0.1, 0.15) is 5.76 Å². The first-order chi connectivity index (χ1) is 9.87. The van der Waals surface area contributed by atoms with E-state index in [4.69, 9.17) is 4.52 Å². The van der Waals surface area contributed by atoms with Crippen LogP contribution in [0, 0.1) is 5.41 Å². The van der Waals surface area contributed by atoms with Crippen molar-refractivity contribution in [3.8, 4) is 0 Å². The summed E-state index contributed by atoms with van der Waals surface area (Å²) < 4.78 is 5.08. The highest BCUT2D eigenvalue weighted by Crippen LogP contribution is 2.28. The van der Waals surface area contributed by atoms with E-state index in [1.54, 1.807) is 6.07 Å². The van der Waals surface area contributed by atoms with E-state index in [1.165, 1.54) is 0 Å². The lowest BCUT2D eigenvalue weighted by molar-refractivity contribution is 0.0833. The Kier molecular flexibility index (Phi) is 6.40. The summed E-state index contributed by atoms with van der Waals surface area (Å²) in [6.07, 6.45) is 1.74. The Morgan fingerprint density at radius 2 is 2.14 bits per heavy atom. The number of nitrogens with one attached hydrogen (secondary N) is 1. The first-order valence-electron chi connectivity index (χ1n) is 7.81. The van der Waals surface area contributed by atoms with Crippen LogP contribution in [0.25, 0.3) is 0 Å². The fourth-order valence-electron chi connectivity index (χ4n) is 2.33. The average molecular weight is 295 g/mol. The van der Waals surface area contributed by atoms with Gasteiger partial charge in [-0.15, -0.1) is 0 Å². The van der Waals surface area contributed by atoms with Crippen molar-refractivity contribution >= 4 is 5.91 Å². The molecular formula is C16H29N3O2. The van der Waals surface area contributed by atoms with E-state index in [-0.39, 0.29) is 11.3 Å². The molecule has 0 bridgehead atoms. The minimum Gasteiger partial charge on any atom is -0.361 e. The zero-order valence-electron chi connectivity index (χ0n) is 14.2. The van der Waals surface area contributed by atoms with Gasteiger partial charge in [0, 0.05) is 25.1 Å². The minimum absolute atomic E-state index is 0.0255. The van der Waals surface area contributed by atoms with Crippen molar-refractivity contribution in [1.29, 1.82) is 0 Å². The Morgan fingerprint density at radius 3 is 2.62 bits per heavy atom. The molecule has 1 rings (SSSR count). The minimum atomic E-state index is -0.163. The molecule has 0 aliphatic heterocycles. The van der Waals surface area contributed by atoms with Gasteiger partial charge in [0.15, 0.2) is 5.69 Å². The first-order valence-corrected chi connectivity index (χ1v) is 7.81. The van der Waals surface area contributed by atoms with Gasteiger partial charge >= 0.3 is 0 Å². The second-order valence-corrected chi connectivity index (χ2v) is 5.97. The lowest BCUT2D eigenvalue weighted by atomic mass is 9.79. The van der Waals surface area contributed by atoms with Crippen molar-refractivity contribution in [2.24, 2.45) is 5.41 Å². The van der Waals surface area contributed by atoms with Crippen LogP contribution in [-0.2, 0) is 6.42 Å². The summed E-state index contributed by atoms with van der Waals surface area (Å²) in [5, 5.41) is 6.81. The monoisotopic (exact) mass is 295 g/mol. The van der Waals surface area contributed by atoms with Crippen LogP contribution in [0.4, 0.5) is 0 Å². The molecule has 5 heteroatoms. The molecule has 0 saturated heterocycles. The molecule has 1 aromatic heterocycles. The number of aryl methyl sites for hydroxylation is 1. The summed E-state index contributed by atoms with van der Waals surface area (Å²) in [5.41, 5.74) is 0.388. The van der Waals surface area contributed by atoms with Crippen LogP contribution in [0.5, 0.6) is 0 Å². The van der Waals surface area contributed by atoms with Gasteiger partial charge in [-0.2, -0.15) is 0 Å². The zero-order chi connectivity index (χ0) is 16.0. The number of rotatable bonds is 8. The fourth-order valence-corrected chi connectivity index (χ4v) is 2.33. The van der Waals surface area contributed by atoms with Gasteiger partial charge in [-0.1, -0.05) is 32.9 Å². The molecular weight excluding hydrogens is 266 g/mol. The largest absolute Gasteiger partial charge is 0.361 e. The number of nitrogens with zero attached hydrogens (tertiary/aromatic N) is 2. The number of aromatic nitrogens is 1. The van der Waals surface area contributed by atoms with E-state index < -0.39 is 0 Å². The number of hydrogen-bond acceptors (Lipinski definition) is 4. The van der Waals surface area contributed by atoms with Gasteiger partial charge in [-0.05, 0) is 32.4 Å². The van der Waals surface area contributed by atoms with E-state index >= 15 is 0 Å². The molecule has 0 fully saturated rings. The summed E-state index contributed by atoms with van der Waals surface area (Å²) in [5.74, 6) is 0.571. The molecule has 0 radical (unpaired) electrons. The predicted octanol–water partition coefficient (Wildman–Crippen LogP) is 2.72. The Balaban J connectivity index is 2.67. The first kappa shape index (κ1) is 17.7. The second kappa shape index (κ2) is 7.59.